The van der Waals surface area contributed by atoms with Gasteiger partial charge in [-0.3, -0.25) is 4.79 Å². The van der Waals surface area contributed by atoms with E-state index in [9.17, 15) is 9.59 Å². The number of alkyl carbamates (subject to hydrolysis) is 1. The van der Waals surface area contributed by atoms with Crippen molar-refractivity contribution in [1.29, 1.82) is 0 Å². The highest BCUT2D eigenvalue weighted by Gasteiger charge is 2.57. The maximum absolute atomic E-state index is 12.2. The molecule has 0 aromatic rings. The number of nitrogens with zero attached hydrogens (tertiary/aromatic N) is 2. The highest BCUT2D eigenvalue weighted by Crippen LogP contribution is 2.35. The summed E-state index contributed by atoms with van der Waals surface area (Å²) < 4.78 is 3.25. The zero-order chi connectivity index (χ0) is 22.6. The predicted molar refractivity (Wildman–Crippen MR) is 121 cm³/mol. The van der Waals surface area contributed by atoms with Gasteiger partial charge >= 0.3 is 12.0 Å². The van der Waals surface area contributed by atoms with Crippen molar-refractivity contribution in [3.05, 3.63) is 24.6 Å². The largest absolute Gasteiger partial charge is 0.447 e. The van der Waals surface area contributed by atoms with Gasteiger partial charge in [0, 0.05) is 13.1 Å². The number of carbonyl (C=O) groups excluding carboxylic acids is 2. The highest BCUT2D eigenvalue weighted by molar-refractivity contribution is 6.76. The van der Waals surface area contributed by atoms with Crippen LogP contribution in [0.1, 0.15) is 32.6 Å². The molecule has 1 unspecified atom stereocenters. The minimum absolute atomic E-state index is 0.0256. The number of carbonyl (C=O) groups is 2. The fourth-order valence-electron chi connectivity index (χ4n) is 3.96. The van der Waals surface area contributed by atoms with Crippen LogP contribution in [0.3, 0.4) is 0 Å². The lowest BCUT2D eigenvalue weighted by molar-refractivity contribution is -0.117. The number of alkyl halides is 3. The Morgan fingerprint density at radius 2 is 2.13 bits per heavy atom. The van der Waals surface area contributed by atoms with E-state index in [4.69, 9.17) is 39.5 Å². The molecule has 9 nitrogen and oxygen atoms in total. The summed E-state index contributed by atoms with van der Waals surface area (Å²) >= 11 is 17.1. The molecule has 2 amide bonds. The normalized spacial score (nSPS) is 27.8. The molecule has 3 heterocycles. The Hall–Kier alpha value is -1.84. The van der Waals surface area contributed by atoms with Crippen LogP contribution in [-0.2, 0) is 9.53 Å². The molecule has 0 aromatic carbocycles. The minimum Gasteiger partial charge on any atom is -0.447 e. The Morgan fingerprint density at radius 1 is 1.35 bits per heavy atom. The first-order valence-corrected chi connectivity index (χ1v) is 11.4. The van der Waals surface area contributed by atoms with Gasteiger partial charge in [-0.1, -0.05) is 73.6 Å². The van der Waals surface area contributed by atoms with Crippen molar-refractivity contribution in [3.8, 4) is 0 Å². The quantitative estimate of drug-likeness (QED) is 0.244. The predicted octanol–water partition coefficient (Wildman–Crippen LogP) is 2.12. The number of hydrogen-bond donors (Lipinski definition) is 4. The molecule has 0 saturated carbocycles. The van der Waals surface area contributed by atoms with Crippen LogP contribution < -0.4 is 21.3 Å². The lowest BCUT2D eigenvalue weighted by atomic mass is 9.92. The van der Waals surface area contributed by atoms with Crippen molar-refractivity contribution in [2.24, 2.45) is 4.99 Å². The van der Waals surface area contributed by atoms with Gasteiger partial charge in [0.25, 0.3) is 3.79 Å². The number of hydrogen-bond acceptors (Lipinski definition) is 5. The van der Waals surface area contributed by atoms with E-state index in [1.54, 1.807) is 0 Å². The average molecular weight is 494 g/mol. The monoisotopic (exact) mass is 492 g/mol. The molecule has 0 bridgehead atoms. The molecule has 0 aliphatic carbocycles. The van der Waals surface area contributed by atoms with Crippen LogP contribution in [0.15, 0.2) is 29.5 Å². The lowest BCUT2D eigenvalue weighted by Crippen LogP contribution is -2.74. The van der Waals surface area contributed by atoms with E-state index in [0.717, 1.165) is 25.7 Å². The fraction of sp³-hybridized carbons (Fsp3) is 0.632. The van der Waals surface area contributed by atoms with Crippen molar-refractivity contribution in [2.45, 2.75) is 54.1 Å². The van der Waals surface area contributed by atoms with Gasteiger partial charge in [0.1, 0.15) is 6.61 Å². The number of aliphatic imine (C=N–C) groups is 1. The Morgan fingerprint density at radius 3 is 2.84 bits per heavy atom. The average Bonchev–Trinajstić information content (AvgIpc) is 3.27. The highest BCUT2D eigenvalue weighted by atomic mass is 35.6. The first kappa shape index (κ1) is 23.8. The zero-order valence-electron chi connectivity index (χ0n) is 17.2. The third-order valence-corrected chi connectivity index (χ3v) is 5.86. The van der Waals surface area contributed by atoms with Gasteiger partial charge in [-0.15, -0.1) is 0 Å². The molecule has 31 heavy (non-hydrogen) atoms. The molecular weight excluding hydrogens is 467 g/mol. The van der Waals surface area contributed by atoms with Crippen LogP contribution in [0.5, 0.6) is 0 Å². The van der Waals surface area contributed by atoms with Crippen molar-refractivity contribution in [3.63, 3.8) is 0 Å². The maximum atomic E-state index is 12.2. The summed E-state index contributed by atoms with van der Waals surface area (Å²) in [7, 11) is 0. The zero-order valence-corrected chi connectivity index (χ0v) is 19.5. The molecule has 3 rings (SSSR count). The van der Waals surface area contributed by atoms with Gasteiger partial charge in [0.15, 0.2) is 5.66 Å². The van der Waals surface area contributed by atoms with E-state index in [-0.39, 0.29) is 18.6 Å². The summed E-state index contributed by atoms with van der Waals surface area (Å²) in [6, 6.07) is -0.684. The van der Waals surface area contributed by atoms with Crippen LogP contribution in [0.2, 0.25) is 0 Å². The second-order valence-electron chi connectivity index (χ2n) is 7.64. The van der Waals surface area contributed by atoms with Gasteiger partial charge < -0.3 is 30.9 Å². The lowest BCUT2D eigenvalue weighted by Gasteiger charge is -2.48. The van der Waals surface area contributed by atoms with Crippen LogP contribution in [0, 0.1) is 0 Å². The summed E-state index contributed by atoms with van der Waals surface area (Å²) in [4.78, 5) is 30.2. The number of guanidine groups is 1. The number of unbranched alkanes of at least 4 members (excludes halogenated alkanes) is 3. The smallest absolute Gasteiger partial charge is 0.407 e. The summed E-state index contributed by atoms with van der Waals surface area (Å²) in [6.07, 6.45) is 7.61. The van der Waals surface area contributed by atoms with E-state index >= 15 is 0 Å². The van der Waals surface area contributed by atoms with E-state index in [2.05, 4.69) is 39.8 Å². The van der Waals surface area contributed by atoms with Gasteiger partial charge in [-0.2, -0.15) is 4.99 Å². The summed E-state index contributed by atoms with van der Waals surface area (Å²) in [5.41, 5.74) is -0.736. The van der Waals surface area contributed by atoms with Gasteiger partial charge in [0.2, 0.25) is 5.96 Å². The van der Waals surface area contributed by atoms with Crippen molar-refractivity contribution in [2.75, 3.05) is 19.7 Å². The second-order valence-corrected chi connectivity index (χ2v) is 9.92. The Labute approximate surface area is 196 Å². The van der Waals surface area contributed by atoms with E-state index in [1.807, 2.05) is 17.1 Å². The Balaban J connectivity index is 1.70. The molecule has 172 valence electrons. The molecule has 3 aliphatic heterocycles. The number of amides is 2. The number of rotatable bonds is 7. The van der Waals surface area contributed by atoms with Crippen molar-refractivity contribution in [1.82, 2.24) is 26.2 Å². The molecule has 4 N–H and O–H groups in total. The first-order valence-electron chi connectivity index (χ1n) is 10.2. The van der Waals surface area contributed by atoms with Crippen LogP contribution >= 0.6 is 34.8 Å². The van der Waals surface area contributed by atoms with Crippen LogP contribution in [0.25, 0.3) is 0 Å². The Kier molecular flexibility index (Phi) is 7.49. The minimum atomic E-state index is -2.18. The third-order valence-electron chi connectivity index (χ3n) is 5.38. The van der Waals surface area contributed by atoms with Crippen molar-refractivity contribution >= 4 is 52.8 Å². The number of nitrogens with one attached hydrogen (secondary N) is 4. The molecule has 3 aliphatic rings. The van der Waals surface area contributed by atoms with E-state index < -0.39 is 27.5 Å². The molecule has 2 fully saturated rings. The molecule has 0 radical (unpaired) electrons. The summed E-state index contributed by atoms with van der Waals surface area (Å²) in [6.45, 7) is 7.14. The summed E-state index contributed by atoms with van der Waals surface area (Å²) in [5, 5.41) is 12.5. The fourth-order valence-corrected chi connectivity index (χ4v) is 4.08. The third kappa shape index (κ3) is 5.32. The van der Waals surface area contributed by atoms with Gasteiger partial charge in [-0.25, -0.2) is 4.79 Å². The molecule has 3 atom stereocenters. The molecular formula is C19H27Cl3N6O3. The van der Waals surface area contributed by atoms with Crippen molar-refractivity contribution < 1.29 is 14.3 Å². The standard InChI is InChI=1S/C19H27Cl3N6O3/c1-3-4-5-6-9-23-17(30)31-11-13-14-18(27-12(2)24-14)8-7-10-28(18)16(25-13)26-15(29)19(20,21)22/h7-8,13-14,24,27H,2-6,9-11H2,1H3,(H,23,30)(H,25,26,29)/t13-,14-,18?/m0/s1. The topological polar surface area (TPSA) is 107 Å². The first-order chi connectivity index (χ1) is 14.7. The number of ether oxygens (including phenoxy) is 1. The maximum Gasteiger partial charge on any atom is 0.407 e. The number of halogens is 3. The van der Waals surface area contributed by atoms with Crippen LogP contribution in [0.4, 0.5) is 4.79 Å². The van der Waals surface area contributed by atoms with Gasteiger partial charge in [0.05, 0.1) is 17.9 Å². The molecule has 1 spiro atoms. The van der Waals surface area contributed by atoms with Crippen LogP contribution in [-0.4, -0.2) is 64.1 Å². The molecule has 2 saturated heterocycles. The SMILES string of the molecule is C=C1N[C@H]2[C@H](COC(=O)NCCCCCC)N/C(=N/C(=O)C(Cl)(Cl)Cl)N3CC=CC23N1. The van der Waals surface area contributed by atoms with E-state index in [0.29, 0.717) is 18.9 Å². The van der Waals surface area contributed by atoms with E-state index in [1.165, 1.54) is 0 Å². The molecule has 0 aromatic heterocycles. The summed E-state index contributed by atoms with van der Waals surface area (Å²) in [5.74, 6) is -0.104. The van der Waals surface area contributed by atoms with Gasteiger partial charge in [-0.05, 0) is 12.5 Å². The molecule has 12 heteroatoms. The Bertz CT molecular complexity index is 784. The second kappa shape index (κ2) is 9.75.